The fraction of sp³-hybridized carbons (Fsp3) is 0.136. The number of furan rings is 1. The van der Waals surface area contributed by atoms with E-state index in [4.69, 9.17) is 9.52 Å². The van der Waals surface area contributed by atoms with Crippen LogP contribution in [0.3, 0.4) is 0 Å². The summed E-state index contributed by atoms with van der Waals surface area (Å²) in [5.41, 5.74) is 5.69. The van der Waals surface area contributed by atoms with Gasteiger partial charge in [-0.3, -0.25) is 0 Å². The minimum atomic E-state index is -0.954. The molecule has 0 bridgehead atoms. The van der Waals surface area contributed by atoms with Gasteiger partial charge in [0.05, 0.1) is 11.3 Å². The zero-order valence-corrected chi connectivity index (χ0v) is 15.2. The van der Waals surface area contributed by atoms with Gasteiger partial charge in [-0.25, -0.2) is 9.18 Å². The summed E-state index contributed by atoms with van der Waals surface area (Å²) in [5.74, 6) is -0.513. The van der Waals surface area contributed by atoms with Crippen LogP contribution in [0.15, 0.2) is 46.9 Å². The zero-order valence-electron chi connectivity index (χ0n) is 15.2. The van der Waals surface area contributed by atoms with Gasteiger partial charge in [-0.2, -0.15) is 0 Å². The van der Waals surface area contributed by atoms with Gasteiger partial charge in [-0.15, -0.1) is 0 Å². The molecule has 0 saturated carbocycles. The lowest BCUT2D eigenvalue weighted by Crippen LogP contribution is -1.94. The molecule has 5 heteroatoms. The number of carboxylic acid groups (broad SMARTS) is 1. The topological polar surface area (TPSA) is 66.2 Å². The molecule has 2 N–H and O–H groups in total. The minimum absolute atomic E-state index is 0.235. The molecule has 0 aliphatic rings. The molecule has 0 aliphatic heterocycles. The number of hydrogen-bond donors (Lipinski definition) is 2. The molecule has 4 rings (SSSR count). The van der Waals surface area contributed by atoms with E-state index in [-0.39, 0.29) is 11.4 Å². The summed E-state index contributed by atoms with van der Waals surface area (Å²) >= 11 is 0. The highest BCUT2D eigenvalue weighted by Gasteiger charge is 2.19. The third-order valence-corrected chi connectivity index (χ3v) is 4.95. The molecule has 2 aromatic carbocycles. The number of carboxylic acids is 1. The van der Waals surface area contributed by atoms with E-state index in [0.717, 1.165) is 33.5 Å². The van der Waals surface area contributed by atoms with Gasteiger partial charge in [-0.05, 0) is 67.8 Å². The molecule has 0 aliphatic carbocycles. The van der Waals surface area contributed by atoms with Crippen LogP contribution in [0.5, 0.6) is 0 Å². The first-order valence-electron chi connectivity index (χ1n) is 8.58. The smallest absolute Gasteiger partial charge is 0.335 e. The Balaban J connectivity index is 1.80. The molecule has 2 aromatic heterocycles. The molecule has 0 spiro atoms. The highest BCUT2D eigenvalue weighted by Crippen LogP contribution is 2.37. The number of benzene rings is 2. The second kappa shape index (κ2) is 6.13. The molecule has 2 heterocycles. The van der Waals surface area contributed by atoms with Gasteiger partial charge in [0, 0.05) is 16.6 Å². The molecule has 0 saturated heterocycles. The van der Waals surface area contributed by atoms with Gasteiger partial charge in [0.15, 0.2) is 5.76 Å². The van der Waals surface area contributed by atoms with Gasteiger partial charge >= 0.3 is 5.97 Å². The lowest BCUT2D eigenvalue weighted by Gasteiger charge is -2.01. The second-order valence-corrected chi connectivity index (χ2v) is 6.73. The number of aryl methyl sites for hydroxylation is 3. The van der Waals surface area contributed by atoms with Crippen LogP contribution in [-0.4, -0.2) is 16.1 Å². The summed E-state index contributed by atoms with van der Waals surface area (Å²) in [4.78, 5) is 14.3. The first kappa shape index (κ1) is 17.1. The third kappa shape index (κ3) is 2.72. The first-order chi connectivity index (χ1) is 12.9. The Morgan fingerprint density at radius 3 is 2.33 bits per heavy atom. The Kier molecular flexibility index (Phi) is 3.88. The van der Waals surface area contributed by atoms with Gasteiger partial charge in [-0.1, -0.05) is 12.1 Å². The van der Waals surface area contributed by atoms with Crippen molar-refractivity contribution in [2.75, 3.05) is 0 Å². The van der Waals surface area contributed by atoms with E-state index in [0.29, 0.717) is 16.9 Å². The van der Waals surface area contributed by atoms with E-state index in [1.165, 1.54) is 6.07 Å². The predicted molar refractivity (Wildman–Crippen MR) is 103 cm³/mol. The molecular weight excluding hydrogens is 345 g/mol. The van der Waals surface area contributed by atoms with Crippen molar-refractivity contribution < 1.29 is 18.7 Å². The molecule has 0 fully saturated rings. The molecular formula is C22H18FNO3. The Morgan fingerprint density at radius 1 is 1.00 bits per heavy atom. The summed E-state index contributed by atoms with van der Waals surface area (Å²) in [6.07, 6.45) is 0. The minimum Gasteiger partial charge on any atom is -0.478 e. The van der Waals surface area contributed by atoms with Crippen molar-refractivity contribution in [1.82, 2.24) is 4.98 Å². The van der Waals surface area contributed by atoms with Crippen molar-refractivity contribution in [3.63, 3.8) is 0 Å². The van der Waals surface area contributed by atoms with Crippen LogP contribution in [0, 0.1) is 26.6 Å². The first-order valence-corrected chi connectivity index (χ1v) is 8.58. The molecule has 4 nitrogen and oxygen atoms in total. The zero-order chi connectivity index (χ0) is 19.3. The lowest BCUT2D eigenvalue weighted by molar-refractivity contribution is 0.0697. The number of aromatic amines is 1. The van der Waals surface area contributed by atoms with Crippen LogP contribution in [-0.2, 0) is 0 Å². The van der Waals surface area contributed by atoms with E-state index in [1.807, 2.05) is 26.0 Å². The highest BCUT2D eigenvalue weighted by atomic mass is 19.1. The molecule has 27 heavy (non-hydrogen) atoms. The number of hydrogen-bond acceptors (Lipinski definition) is 2. The summed E-state index contributed by atoms with van der Waals surface area (Å²) < 4.78 is 20.2. The Bertz CT molecular complexity index is 1180. The van der Waals surface area contributed by atoms with Crippen LogP contribution in [0.1, 0.15) is 27.0 Å². The van der Waals surface area contributed by atoms with Crippen molar-refractivity contribution in [2.24, 2.45) is 0 Å². The molecule has 0 atom stereocenters. The summed E-state index contributed by atoms with van der Waals surface area (Å²) in [6, 6.07) is 12.0. The van der Waals surface area contributed by atoms with E-state index in [9.17, 15) is 9.18 Å². The molecule has 4 aromatic rings. The standard InChI is InChI=1S/C22H18FNO3/c1-11-10-16(23)12(2)19-13(3)21(27-20(11)19)18-9-8-17(24-18)14-4-6-15(7-5-14)22(25)26/h4-10,24H,1-3H3,(H,25,26). The molecule has 136 valence electrons. The fourth-order valence-corrected chi connectivity index (χ4v) is 3.47. The largest absolute Gasteiger partial charge is 0.478 e. The van der Waals surface area contributed by atoms with Crippen molar-refractivity contribution in [2.45, 2.75) is 20.8 Å². The molecule has 0 radical (unpaired) electrons. The number of rotatable bonds is 3. The lowest BCUT2D eigenvalue weighted by atomic mass is 10.0. The van der Waals surface area contributed by atoms with Crippen molar-refractivity contribution >= 4 is 16.9 Å². The van der Waals surface area contributed by atoms with Crippen LogP contribution in [0.2, 0.25) is 0 Å². The normalized spacial score (nSPS) is 11.3. The van der Waals surface area contributed by atoms with Gasteiger partial charge < -0.3 is 14.5 Å². The fourth-order valence-electron chi connectivity index (χ4n) is 3.47. The summed E-state index contributed by atoms with van der Waals surface area (Å²) in [6.45, 7) is 5.52. The molecule has 0 unspecified atom stereocenters. The number of fused-ring (bicyclic) bond motifs is 1. The quantitative estimate of drug-likeness (QED) is 0.479. The number of carbonyl (C=O) groups is 1. The van der Waals surface area contributed by atoms with Crippen molar-refractivity contribution in [3.05, 3.63) is 70.5 Å². The van der Waals surface area contributed by atoms with Crippen LogP contribution >= 0.6 is 0 Å². The maximum Gasteiger partial charge on any atom is 0.335 e. The third-order valence-electron chi connectivity index (χ3n) is 4.95. The van der Waals surface area contributed by atoms with Gasteiger partial charge in [0.2, 0.25) is 0 Å². The van der Waals surface area contributed by atoms with Gasteiger partial charge in [0.1, 0.15) is 11.4 Å². The number of H-pyrrole nitrogens is 1. The van der Waals surface area contributed by atoms with Crippen LogP contribution < -0.4 is 0 Å². The van der Waals surface area contributed by atoms with Gasteiger partial charge in [0.25, 0.3) is 0 Å². The van der Waals surface area contributed by atoms with Crippen molar-refractivity contribution in [1.29, 1.82) is 0 Å². The van der Waals surface area contributed by atoms with E-state index in [1.54, 1.807) is 31.2 Å². The SMILES string of the molecule is Cc1cc(F)c(C)c2c(C)c(-c3ccc(-c4ccc(C(=O)O)cc4)[nH]3)oc12. The maximum atomic E-state index is 14.1. The number of aromatic nitrogens is 1. The Hall–Kier alpha value is -3.34. The van der Waals surface area contributed by atoms with E-state index in [2.05, 4.69) is 4.98 Å². The number of nitrogens with one attached hydrogen (secondary N) is 1. The average molecular weight is 363 g/mol. The maximum absolute atomic E-state index is 14.1. The second-order valence-electron chi connectivity index (χ2n) is 6.73. The van der Waals surface area contributed by atoms with E-state index < -0.39 is 5.97 Å². The highest BCUT2D eigenvalue weighted by molar-refractivity contribution is 5.92. The summed E-state index contributed by atoms with van der Waals surface area (Å²) in [7, 11) is 0. The van der Waals surface area contributed by atoms with Crippen molar-refractivity contribution in [3.8, 4) is 22.7 Å². The van der Waals surface area contributed by atoms with Crippen LogP contribution in [0.4, 0.5) is 4.39 Å². The summed E-state index contributed by atoms with van der Waals surface area (Å²) in [5, 5.41) is 9.83. The van der Waals surface area contributed by atoms with E-state index >= 15 is 0 Å². The number of halogens is 1. The monoisotopic (exact) mass is 363 g/mol. The van der Waals surface area contributed by atoms with Crippen LogP contribution in [0.25, 0.3) is 33.7 Å². The predicted octanol–water partition coefficient (Wildman–Crippen LogP) is 5.86. The molecule has 0 amide bonds. The average Bonchev–Trinajstić information content (AvgIpc) is 3.25. The number of aromatic carboxylic acids is 1. The Labute approximate surface area is 155 Å². The Morgan fingerprint density at radius 2 is 1.67 bits per heavy atom.